The second-order valence-electron chi connectivity index (χ2n) is 9.40. The molecule has 0 atom stereocenters. The molecule has 0 bridgehead atoms. The zero-order valence-corrected chi connectivity index (χ0v) is 17.7. The lowest BCUT2D eigenvalue weighted by Crippen LogP contribution is -2.14. The van der Waals surface area contributed by atoms with Crippen molar-refractivity contribution >= 4 is 11.9 Å². The number of aliphatic carboxylic acids is 2. The van der Waals surface area contributed by atoms with E-state index < -0.39 is 22.8 Å². The van der Waals surface area contributed by atoms with Crippen LogP contribution in [0.15, 0.2) is 12.1 Å². The van der Waals surface area contributed by atoms with Gasteiger partial charge in [0.1, 0.15) is 11.5 Å². The van der Waals surface area contributed by atoms with Gasteiger partial charge in [0.25, 0.3) is 0 Å². The number of phenols is 2. The van der Waals surface area contributed by atoms with Gasteiger partial charge in [0.2, 0.25) is 0 Å². The number of benzene rings is 1. The molecule has 0 aromatic heterocycles. The molecule has 6 nitrogen and oxygen atoms in total. The van der Waals surface area contributed by atoms with E-state index in [0.717, 1.165) is 88.2 Å². The highest BCUT2D eigenvalue weighted by Crippen LogP contribution is 2.50. The number of aryl methyl sites for hydroxylation is 2. The maximum atomic E-state index is 11.2. The van der Waals surface area contributed by atoms with Crippen LogP contribution in [0.4, 0.5) is 0 Å². The van der Waals surface area contributed by atoms with Gasteiger partial charge in [0, 0.05) is 6.07 Å². The molecule has 0 amide bonds. The van der Waals surface area contributed by atoms with Crippen molar-refractivity contribution in [2.75, 3.05) is 0 Å². The SMILES string of the molecule is O=C(O)C1(CCCCCCc2cc(CCCCC3(C(=O)O)CC3)c(O)cc2O)CC1. The van der Waals surface area contributed by atoms with E-state index in [1.807, 2.05) is 6.07 Å². The van der Waals surface area contributed by atoms with Crippen molar-refractivity contribution in [1.29, 1.82) is 0 Å². The van der Waals surface area contributed by atoms with Crippen molar-refractivity contribution in [3.05, 3.63) is 23.3 Å². The molecule has 30 heavy (non-hydrogen) atoms. The number of hydrogen-bond acceptors (Lipinski definition) is 4. The Morgan fingerprint density at radius 3 is 1.50 bits per heavy atom. The first-order chi connectivity index (χ1) is 14.3. The number of unbranched alkanes of at least 4 members (excludes halogenated alkanes) is 4. The molecule has 6 heteroatoms. The van der Waals surface area contributed by atoms with Gasteiger partial charge in [-0.2, -0.15) is 0 Å². The van der Waals surface area contributed by atoms with Crippen LogP contribution in [0.2, 0.25) is 0 Å². The Morgan fingerprint density at radius 2 is 1.07 bits per heavy atom. The monoisotopic (exact) mass is 418 g/mol. The summed E-state index contributed by atoms with van der Waals surface area (Å²) in [6, 6.07) is 3.28. The predicted octanol–water partition coefficient (Wildman–Crippen LogP) is 5.03. The normalized spacial score (nSPS) is 18.1. The maximum Gasteiger partial charge on any atom is 0.309 e. The highest BCUT2D eigenvalue weighted by molar-refractivity contribution is 5.78. The summed E-state index contributed by atoms with van der Waals surface area (Å²) in [5.74, 6) is -1.13. The Bertz CT molecular complexity index is 776. The van der Waals surface area contributed by atoms with E-state index in [2.05, 4.69) is 0 Å². The molecule has 1 aromatic carbocycles. The molecule has 2 saturated carbocycles. The number of carbonyl (C=O) groups is 2. The lowest BCUT2D eigenvalue weighted by molar-refractivity contribution is -0.144. The van der Waals surface area contributed by atoms with Crippen LogP contribution in [0.3, 0.4) is 0 Å². The zero-order chi connectivity index (χ0) is 21.8. The van der Waals surface area contributed by atoms with Crippen LogP contribution < -0.4 is 0 Å². The van der Waals surface area contributed by atoms with Crippen LogP contribution in [0.25, 0.3) is 0 Å². The molecule has 0 saturated heterocycles. The Balaban J connectivity index is 1.38. The molecule has 0 unspecified atom stereocenters. The van der Waals surface area contributed by atoms with E-state index >= 15 is 0 Å². The van der Waals surface area contributed by atoms with Crippen LogP contribution in [0.5, 0.6) is 11.5 Å². The second kappa shape index (κ2) is 9.27. The van der Waals surface area contributed by atoms with Crippen molar-refractivity contribution in [3.63, 3.8) is 0 Å². The van der Waals surface area contributed by atoms with Gasteiger partial charge in [0.15, 0.2) is 0 Å². The van der Waals surface area contributed by atoms with Crippen molar-refractivity contribution in [1.82, 2.24) is 0 Å². The van der Waals surface area contributed by atoms with Gasteiger partial charge in [-0.05, 0) is 81.4 Å². The third-order valence-corrected chi connectivity index (χ3v) is 7.10. The predicted molar refractivity (Wildman–Crippen MR) is 113 cm³/mol. The van der Waals surface area contributed by atoms with Gasteiger partial charge in [-0.1, -0.05) is 25.7 Å². The molecule has 166 valence electrons. The lowest BCUT2D eigenvalue weighted by Gasteiger charge is -2.12. The summed E-state index contributed by atoms with van der Waals surface area (Å²) in [5, 5.41) is 38.7. The number of carboxylic acids is 2. The average molecular weight is 419 g/mol. The minimum absolute atomic E-state index is 0.0963. The summed E-state index contributed by atoms with van der Waals surface area (Å²) in [7, 11) is 0. The van der Waals surface area contributed by atoms with Crippen LogP contribution in [0, 0.1) is 10.8 Å². The van der Waals surface area contributed by atoms with Crippen LogP contribution in [-0.2, 0) is 22.4 Å². The summed E-state index contributed by atoms with van der Waals surface area (Å²) < 4.78 is 0. The van der Waals surface area contributed by atoms with Gasteiger partial charge < -0.3 is 20.4 Å². The highest BCUT2D eigenvalue weighted by atomic mass is 16.4. The van der Waals surface area contributed by atoms with Gasteiger partial charge in [-0.3, -0.25) is 9.59 Å². The first kappa shape index (κ1) is 22.4. The molecule has 0 heterocycles. The molecule has 2 aliphatic rings. The molecule has 3 rings (SSSR count). The van der Waals surface area contributed by atoms with E-state index in [1.54, 1.807) is 0 Å². The summed E-state index contributed by atoms with van der Waals surface area (Å²) >= 11 is 0. The van der Waals surface area contributed by atoms with Crippen LogP contribution >= 0.6 is 0 Å². The highest BCUT2D eigenvalue weighted by Gasteiger charge is 2.49. The molecule has 4 N–H and O–H groups in total. The van der Waals surface area contributed by atoms with Gasteiger partial charge in [0.05, 0.1) is 10.8 Å². The standard InChI is InChI=1S/C24H34O6/c25-19-16-20(26)18(8-4-6-10-24(13-14-24)22(29)30)15-17(19)7-3-1-2-5-9-23(11-12-23)21(27)28/h15-16,25-26H,1-14H2,(H,27,28)(H,29,30). The maximum absolute atomic E-state index is 11.2. The fourth-order valence-electron chi connectivity index (χ4n) is 4.43. The summed E-state index contributed by atoms with van der Waals surface area (Å²) in [6.07, 6.45) is 11.5. The summed E-state index contributed by atoms with van der Waals surface area (Å²) in [4.78, 5) is 22.4. The fourth-order valence-corrected chi connectivity index (χ4v) is 4.43. The quantitative estimate of drug-likeness (QED) is 0.315. The van der Waals surface area contributed by atoms with E-state index in [1.165, 1.54) is 6.07 Å². The van der Waals surface area contributed by atoms with E-state index in [9.17, 15) is 30.0 Å². The topological polar surface area (TPSA) is 115 Å². The molecule has 0 radical (unpaired) electrons. The second-order valence-corrected chi connectivity index (χ2v) is 9.40. The lowest BCUT2D eigenvalue weighted by atomic mass is 9.95. The largest absolute Gasteiger partial charge is 0.508 e. The van der Waals surface area contributed by atoms with Crippen molar-refractivity contribution < 1.29 is 30.0 Å². The average Bonchev–Trinajstić information content (AvgIpc) is 3.59. The molecule has 0 aliphatic heterocycles. The number of phenolic OH excluding ortho intramolecular Hbond substituents is 2. The van der Waals surface area contributed by atoms with E-state index in [-0.39, 0.29) is 11.5 Å². The molecule has 2 aliphatic carbocycles. The minimum atomic E-state index is -0.687. The van der Waals surface area contributed by atoms with Gasteiger partial charge in [-0.25, -0.2) is 0 Å². The van der Waals surface area contributed by atoms with Crippen molar-refractivity contribution in [2.45, 2.75) is 89.9 Å². The molecular weight excluding hydrogens is 384 g/mol. The Labute approximate surface area is 177 Å². The Kier molecular flexibility index (Phi) is 6.94. The third kappa shape index (κ3) is 5.46. The van der Waals surface area contributed by atoms with Gasteiger partial charge >= 0.3 is 11.9 Å². The molecular formula is C24H34O6. The Hall–Kier alpha value is -2.24. The first-order valence-electron chi connectivity index (χ1n) is 11.3. The van der Waals surface area contributed by atoms with Crippen molar-refractivity contribution in [3.8, 4) is 11.5 Å². The summed E-state index contributed by atoms with van der Waals surface area (Å²) in [6.45, 7) is 0. The fraction of sp³-hybridized carbons (Fsp3) is 0.667. The first-order valence-corrected chi connectivity index (χ1v) is 11.3. The summed E-state index contributed by atoms with van der Waals surface area (Å²) in [5.41, 5.74) is 0.704. The number of aromatic hydroxyl groups is 2. The minimum Gasteiger partial charge on any atom is -0.508 e. The van der Waals surface area contributed by atoms with Crippen LogP contribution in [-0.4, -0.2) is 32.4 Å². The molecule has 0 spiro atoms. The molecule has 2 fully saturated rings. The van der Waals surface area contributed by atoms with E-state index in [4.69, 9.17) is 0 Å². The smallest absolute Gasteiger partial charge is 0.309 e. The van der Waals surface area contributed by atoms with Crippen molar-refractivity contribution in [2.24, 2.45) is 10.8 Å². The Morgan fingerprint density at radius 1 is 0.667 bits per heavy atom. The number of rotatable bonds is 14. The molecule has 1 aromatic rings. The number of hydrogen-bond donors (Lipinski definition) is 4. The van der Waals surface area contributed by atoms with Crippen LogP contribution in [0.1, 0.15) is 88.2 Å². The third-order valence-electron chi connectivity index (χ3n) is 7.10. The van der Waals surface area contributed by atoms with E-state index in [0.29, 0.717) is 12.8 Å². The number of carboxylic acid groups (broad SMARTS) is 2. The van der Waals surface area contributed by atoms with Gasteiger partial charge in [-0.15, -0.1) is 0 Å². The zero-order valence-electron chi connectivity index (χ0n) is 17.7.